The molecule has 5 rings (SSSR count). The average Bonchev–Trinajstić information content (AvgIpc) is 3.06. The lowest BCUT2D eigenvalue weighted by Crippen LogP contribution is -2.22. The summed E-state index contributed by atoms with van der Waals surface area (Å²) in [5.74, 6) is 0.651. The molecule has 0 aliphatic carbocycles. The molecule has 2 aromatic carbocycles. The van der Waals surface area contributed by atoms with Crippen molar-refractivity contribution in [3.05, 3.63) is 93.9 Å². The van der Waals surface area contributed by atoms with Crippen LogP contribution in [-0.4, -0.2) is 27.4 Å². The molecule has 0 amide bonds. The Kier molecular flexibility index (Phi) is 4.24. The van der Waals surface area contributed by atoms with Crippen LogP contribution in [0.25, 0.3) is 16.6 Å². The van der Waals surface area contributed by atoms with Crippen LogP contribution in [0.15, 0.2) is 70.7 Å². The number of aromatic nitrogens is 3. The summed E-state index contributed by atoms with van der Waals surface area (Å²) < 4.78 is 15.3. The molecule has 1 N–H and O–H groups in total. The molecule has 0 radical (unpaired) electrons. The van der Waals surface area contributed by atoms with Crippen molar-refractivity contribution in [3.8, 4) is 5.69 Å². The number of fused-ring (bicyclic) bond motifs is 4. The molecule has 1 aliphatic heterocycles. The van der Waals surface area contributed by atoms with Gasteiger partial charge in [-0.2, -0.15) is 0 Å². The molecular weight excluding hydrogens is 385 g/mol. The van der Waals surface area contributed by atoms with Gasteiger partial charge in [0.2, 0.25) is 0 Å². The third-order valence-electron chi connectivity index (χ3n) is 4.92. The molecule has 2 aromatic heterocycles. The summed E-state index contributed by atoms with van der Waals surface area (Å²) in [7, 11) is 1.40. The van der Waals surface area contributed by atoms with Gasteiger partial charge in [-0.25, -0.2) is 14.4 Å². The highest BCUT2D eigenvalue weighted by Gasteiger charge is 2.30. The fraction of sp³-hybridized carbons (Fsp3) is 0.0909. The van der Waals surface area contributed by atoms with E-state index >= 15 is 0 Å². The number of pyridine rings is 1. The van der Waals surface area contributed by atoms with Gasteiger partial charge in [0.15, 0.2) is 11.5 Å². The molecule has 1 aliphatic rings. The Morgan fingerprint density at radius 3 is 2.87 bits per heavy atom. The SMILES string of the molecule is CO/N=C1/c2cc(F)ccc2-n2c1nc1ccc(CNc3ccccn3)cc1c2=O. The van der Waals surface area contributed by atoms with Gasteiger partial charge >= 0.3 is 0 Å². The largest absolute Gasteiger partial charge is 0.399 e. The molecule has 0 bridgehead atoms. The Morgan fingerprint density at radius 1 is 1.17 bits per heavy atom. The van der Waals surface area contributed by atoms with Crippen LogP contribution in [0.1, 0.15) is 17.0 Å². The zero-order chi connectivity index (χ0) is 20.7. The molecule has 3 heterocycles. The Balaban J connectivity index is 1.62. The Bertz CT molecular complexity index is 1370. The minimum Gasteiger partial charge on any atom is -0.399 e. The first-order valence-corrected chi connectivity index (χ1v) is 9.28. The summed E-state index contributed by atoms with van der Waals surface area (Å²) in [5, 5.41) is 7.68. The maximum atomic E-state index is 13.8. The second-order valence-electron chi connectivity index (χ2n) is 6.78. The Labute approximate surface area is 170 Å². The predicted octanol–water partition coefficient (Wildman–Crippen LogP) is 3.24. The fourth-order valence-corrected chi connectivity index (χ4v) is 3.58. The second-order valence-corrected chi connectivity index (χ2v) is 6.78. The summed E-state index contributed by atoms with van der Waals surface area (Å²) in [6.07, 6.45) is 1.71. The molecule has 0 saturated heterocycles. The van der Waals surface area contributed by atoms with E-state index < -0.39 is 5.82 Å². The number of halogens is 1. The summed E-state index contributed by atoms with van der Waals surface area (Å²) in [6, 6.07) is 15.3. The lowest BCUT2D eigenvalue weighted by Gasteiger charge is -2.09. The number of oxime groups is 1. The van der Waals surface area contributed by atoms with E-state index in [4.69, 9.17) is 4.84 Å². The van der Waals surface area contributed by atoms with Crippen molar-refractivity contribution in [2.45, 2.75) is 6.54 Å². The number of benzene rings is 2. The second kappa shape index (κ2) is 7.07. The first-order valence-electron chi connectivity index (χ1n) is 9.28. The van der Waals surface area contributed by atoms with Crippen molar-refractivity contribution in [2.24, 2.45) is 5.16 Å². The first-order chi connectivity index (χ1) is 14.7. The van der Waals surface area contributed by atoms with E-state index in [1.54, 1.807) is 18.3 Å². The number of anilines is 1. The molecule has 0 unspecified atom stereocenters. The quantitative estimate of drug-likeness (QED) is 0.468. The van der Waals surface area contributed by atoms with Crippen LogP contribution in [0.3, 0.4) is 0 Å². The monoisotopic (exact) mass is 401 g/mol. The Hall–Kier alpha value is -4.07. The van der Waals surface area contributed by atoms with E-state index in [1.165, 1.54) is 23.8 Å². The van der Waals surface area contributed by atoms with Crippen LogP contribution in [0, 0.1) is 5.82 Å². The van der Waals surface area contributed by atoms with E-state index in [0.717, 1.165) is 11.4 Å². The van der Waals surface area contributed by atoms with Crippen molar-refractivity contribution in [3.63, 3.8) is 0 Å². The lowest BCUT2D eigenvalue weighted by molar-refractivity contribution is 0.214. The van der Waals surface area contributed by atoms with E-state index in [-0.39, 0.29) is 5.56 Å². The molecule has 0 saturated carbocycles. The smallest absolute Gasteiger partial charge is 0.266 e. The van der Waals surface area contributed by atoms with Crippen molar-refractivity contribution >= 4 is 22.4 Å². The minimum absolute atomic E-state index is 0.246. The Morgan fingerprint density at radius 2 is 2.07 bits per heavy atom. The van der Waals surface area contributed by atoms with Gasteiger partial charge in [0, 0.05) is 18.3 Å². The lowest BCUT2D eigenvalue weighted by atomic mass is 10.1. The van der Waals surface area contributed by atoms with E-state index in [1.807, 2.05) is 30.3 Å². The van der Waals surface area contributed by atoms with Crippen LogP contribution in [0.4, 0.5) is 10.2 Å². The van der Waals surface area contributed by atoms with Crippen molar-refractivity contribution in [2.75, 3.05) is 12.4 Å². The first kappa shape index (κ1) is 18.0. The summed E-state index contributed by atoms with van der Waals surface area (Å²) in [6.45, 7) is 0.506. The maximum absolute atomic E-state index is 13.8. The zero-order valence-corrected chi connectivity index (χ0v) is 16.0. The van der Waals surface area contributed by atoms with Gasteiger partial charge < -0.3 is 10.2 Å². The number of nitrogens with one attached hydrogen (secondary N) is 1. The third-order valence-corrected chi connectivity index (χ3v) is 4.92. The zero-order valence-electron chi connectivity index (χ0n) is 16.0. The number of hydrogen-bond acceptors (Lipinski definition) is 6. The molecular formula is C22H16FN5O2. The van der Waals surface area contributed by atoms with Gasteiger partial charge in [-0.05, 0) is 48.0 Å². The van der Waals surface area contributed by atoms with Crippen molar-refractivity contribution < 1.29 is 9.23 Å². The van der Waals surface area contributed by atoms with Gasteiger partial charge in [0.1, 0.15) is 18.7 Å². The number of hydrogen-bond donors (Lipinski definition) is 1. The minimum atomic E-state index is -0.425. The van der Waals surface area contributed by atoms with Gasteiger partial charge in [-0.3, -0.25) is 9.36 Å². The third kappa shape index (κ3) is 2.89. The molecule has 30 heavy (non-hydrogen) atoms. The van der Waals surface area contributed by atoms with Crippen LogP contribution in [0.2, 0.25) is 0 Å². The van der Waals surface area contributed by atoms with Crippen molar-refractivity contribution in [1.82, 2.24) is 14.5 Å². The van der Waals surface area contributed by atoms with Crippen LogP contribution < -0.4 is 10.9 Å². The normalized spacial score (nSPS) is 13.3. The number of nitrogens with zero attached hydrogens (tertiary/aromatic N) is 4. The van der Waals surface area contributed by atoms with Crippen LogP contribution >= 0.6 is 0 Å². The van der Waals surface area contributed by atoms with Gasteiger partial charge in [-0.1, -0.05) is 17.3 Å². The number of rotatable bonds is 4. The van der Waals surface area contributed by atoms with Crippen molar-refractivity contribution in [1.29, 1.82) is 0 Å². The van der Waals surface area contributed by atoms with E-state index in [2.05, 4.69) is 20.4 Å². The fourth-order valence-electron chi connectivity index (χ4n) is 3.58. The molecule has 0 atom stereocenters. The molecule has 7 nitrogen and oxygen atoms in total. The summed E-state index contributed by atoms with van der Waals surface area (Å²) >= 11 is 0. The van der Waals surface area contributed by atoms with Gasteiger partial charge in [-0.15, -0.1) is 0 Å². The molecule has 0 fully saturated rings. The van der Waals surface area contributed by atoms with E-state index in [9.17, 15) is 9.18 Å². The van der Waals surface area contributed by atoms with Gasteiger partial charge in [0.05, 0.1) is 16.6 Å². The highest BCUT2D eigenvalue weighted by Crippen LogP contribution is 2.28. The molecule has 148 valence electrons. The van der Waals surface area contributed by atoms with Crippen LogP contribution in [-0.2, 0) is 11.4 Å². The molecule has 8 heteroatoms. The topological polar surface area (TPSA) is 81.4 Å². The molecule has 0 spiro atoms. The van der Waals surface area contributed by atoms with Gasteiger partial charge in [0.25, 0.3) is 5.56 Å². The average molecular weight is 401 g/mol. The predicted molar refractivity (Wildman–Crippen MR) is 112 cm³/mol. The highest BCUT2D eigenvalue weighted by atomic mass is 19.1. The summed E-state index contributed by atoms with van der Waals surface area (Å²) in [4.78, 5) is 27.1. The summed E-state index contributed by atoms with van der Waals surface area (Å²) in [5.41, 5.74) is 2.52. The maximum Gasteiger partial charge on any atom is 0.266 e. The standard InChI is InChI=1S/C22H16FN5O2/c1-30-27-20-16-11-14(23)6-8-18(16)28-21(20)26-17-7-5-13(10-15(17)22(28)29)12-25-19-4-2-3-9-24-19/h2-11H,12H2,1H3,(H,24,25)/b27-20-. The highest BCUT2D eigenvalue weighted by molar-refractivity contribution is 6.16. The van der Waals surface area contributed by atoms with Crippen LogP contribution in [0.5, 0.6) is 0 Å². The molecule has 4 aromatic rings. The van der Waals surface area contributed by atoms with E-state index in [0.29, 0.717) is 40.2 Å².